The first-order chi connectivity index (χ1) is 7.66. The standard InChI is InChI=1S/C9H5FN4O2/c10-8-5-1-3-7(9(8)14(15)16)4-2-6-12-13-11/h1,3,5H,6H2. The molecule has 0 N–H and O–H groups in total. The second-order valence-corrected chi connectivity index (χ2v) is 2.58. The smallest absolute Gasteiger partial charge is 0.258 e. The summed E-state index contributed by atoms with van der Waals surface area (Å²) in [5.74, 6) is 3.81. The van der Waals surface area contributed by atoms with Crippen molar-refractivity contribution in [2.75, 3.05) is 6.54 Å². The molecule has 1 aromatic carbocycles. The summed E-state index contributed by atoms with van der Waals surface area (Å²) in [4.78, 5) is 12.2. The maximum Gasteiger partial charge on any atom is 0.320 e. The van der Waals surface area contributed by atoms with Crippen LogP contribution in [0, 0.1) is 27.8 Å². The highest BCUT2D eigenvalue weighted by molar-refractivity contribution is 5.51. The van der Waals surface area contributed by atoms with Crippen molar-refractivity contribution in [3.63, 3.8) is 0 Å². The molecule has 1 aromatic rings. The summed E-state index contributed by atoms with van der Waals surface area (Å²) in [5.41, 5.74) is 7.26. The van der Waals surface area contributed by atoms with Crippen LogP contribution in [-0.2, 0) is 0 Å². The highest BCUT2D eigenvalue weighted by Gasteiger charge is 2.17. The Hall–Kier alpha value is -2.58. The maximum absolute atomic E-state index is 13.1. The molecule has 6 nitrogen and oxygen atoms in total. The molecule has 0 radical (unpaired) electrons. The zero-order chi connectivity index (χ0) is 12.0. The van der Waals surface area contributed by atoms with Gasteiger partial charge >= 0.3 is 5.69 Å². The molecular formula is C9H5FN4O2. The highest BCUT2D eigenvalue weighted by Crippen LogP contribution is 2.20. The third-order valence-electron chi connectivity index (χ3n) is 1.61. The van der Waals surface area contributed by atoms with Gasteiger partial charge in [0.2, 0.25) is 5.82 Å². The lowest BCUT2D eigenvalue weighted by Crippen LogP contribution is -1.95. The Morgan fingerprint density at radius 1 is 1.62 bits per heavy atom. The van der Waals surface area contributed by atoms with E-state index in [0.29, 0.717) is 0 Å². The van der Waals surface area contributed by atoms with Gasteiger partial charge in [-0.25, -0.2) is 0 Å². The van der Waals surface area contributed by atoms with Gasteiger partial charge in [0.25, 0.3) is 0 Å². The predicted molar refractivity (Wildman–Crippen MR) is 53.9 cm³/mol. The first-order valence-electron chi connectivity index (χ1n) is 4.09. The molecule has 0 aliphatic rings. The minimum absolute atomic E-state index is 0.0434. The van der Waals surface area contributed by atoms with Crippen LogP contribution in [0.3, 0.4) is 0 Å². The van der Waals surface area contributed by atoms with Crippen molar-refractivity contribution in [3.05, 3.63) is 50.1 Å². The Bertz CT molecular complexity index is 526. The van der Waals surface area contributed by atoms with Gasteiger partial charge in [-0.1, -0.05) is 23.0 Å². The Morgan fingerprint density at radius 2 is 2.38 bits per heavy atom. The van der Waals surface area contributed by atoms with Crippen molar-refractivity contribution >= 4 is 5.69 Å². The van der Waals surface area contributed by atoms with Crippen molar-refractivity contribution in [1.29, 1.82) is 0 Å². The molecule has 80 valence electrons. The van der Waals surface area contributed by atoms with Gasteiger partial charge in [0, 0.05) is 4.91 Å². The number of para-hydroxylation sites is 1. The number of halogens is 1. The van der Waals surface area contributed by atoms with E-state index in [2.05, 4.69) is 21.9 Å². The Labute approximate surface area is 89.5 Å². The lowest BCUT2D eigenvalue weighted by atomic mass is 10.2. The number of nitro benzene ring substituents is 1. The van der Waals surface area contributed by atoms with Gasteiger partial charge in [0.15, 0.2) is 0 Å². The van der Waals surface area contributed by atoms with Gasteiger partial charge in [-0.15, -0.1) is 0 Å². The Morgan fingerprint density at radius 3 is 3.00 bits per heavy atom. The van der Waals surface area contributed by atoms with E-state index in [1.807, 2.05) is 0 Å². The van der Waals surface area contributed by atoms with Crippen molar-refractivity contribution < 1.29 is 9.31 Å². The minimum atomic E-state index is -0.944. The molecule has 0 heterocycles. The van der Waals surface area contributed by atoms with Crippen molar-refractivity contribution in [2.24, 2.45) is 5.11 Å². The second kappa shape index (κ2) is 5.34. The number of nitrogens with zero attached hydrogens (tertiary/aromatic N) is 4. The van der Waals surface area contributed by atoms with Gasteiger partial charge in [-0.05, 0) is 17.7 Å². The van der Waals surface area contributed by atoms with Gasteiger partial charge in [0.1, 0.15) is 5.56 Å². The summed E-state index contributed by atoms with van der Waals surface area (Å²) >= 11 is 0. The summed E-state index contributed by atoms with van der Waals surface area (Å²) in [6, 6.07) is 3.63. The number of nitro groups is 1. The normalized spacial score (nSPS) is 8.56. The molecule has 0 atom stereocenters. The van der Waals surface area contributed by atoms with Gasteiger partial charge in [0.05, 0.1) is 11.5 Å². The van der Waals surface area contributed by atoms with E-state index in [1.54, 1.807) is 0 Å². The maximum atomic E-state index is 13.1. The van der Waals surface area contributed by atoms with Crippen LogP contribution < -0.4 is 0 Å². The van der Waals surface area contributed by atoms with Gasteiger partial charge in [-0.3, -0.25) is 10.1 Å². The molecule has 0 saturated heterocycles. The fraction of sp³-hybridized carbons (Fsp3) is 0.111. The average Bonchev–Trinajstić information content (AvgIpc) is 2.24. The molecule has 0 aliphatic heterocycles. The Kier molecular flexibility index (Phi) is 3.83. The number of hydrogen-bond donors (Lipinski definition) is 0. The molecule has 0 amide bonds. The molecule has 0 bridgehead atoms. The van der Waals surface area contributed by atoms with Gasteiger partial charge < -0.3 is 0 Å². The first-order valence-corrected chi connectivity index (χ1v) is 4.09. The lowest BCUT2D eigenvalue weighted by molar-refractivity contribution is -0.387. The molecule has 0 fully saturated rings. The summed E-state index contributed by atoms with van der Waals surface area (Å²) in [5, 5.41) is 13.7. The largest absolute Gasteiger partial charge is 0.320 e. The van der Waals surface area contributed by atoms with Crippen LogP contribution in [0.15, 0.2) is 23.3 Å². The number of benzene rings is 1. The van der Waals surface area contributed by atoms with Crippen LogP contribution in [-0.4, -0.2) is 11.5 Å². The minimum Gasteiger partial charge on any atom is -0.258 e. The molecular weight excluding hydrogens is 215 g/mol. The Balaban J connectivity index is 3.11. The topological polar surface area (TPSA) is 91.9 Å². The number of hydrogen-bond acceptors (Lipinski definition) is 3. The SMILES string of the molecule is [N-]=[N+]=NCC#Cc1cccc(F)c1[N+](=O)[O-]. The molecule has 0 aliphatic carbocycles. The summed E-state index contributed by atoms with van der Waals surface area (Å²) in [6.07, 6.45) is 0. The van der Waals surface area contributed by atoms with E-state index in [-0.39, 0.29) is 12.1 Å². The molecule has 0 aromatic heterocycles. The van der Waals surface area contributed by atoms with Crippen molar-refractivity contribution in [2.45, 2.75) is 0 Å². The highest BCUT2D eigenvalue weighted by atomic mass is 19.1. The lowest BCUT2D eigenvalue weighted by Gasteiger charge is -1.95. The van der Waals surface area contributed by atoms with Gasteiger partial charge in [-0.2, -0.15) is 4.39 Å². The van der Waals surface area contributed by atoms with Crippen LogP contribution in [0.25, 0.3) is 10.4 Å². The van der Waals surface area contributed by atoms with Crippen LogP contribution in [0.5, 0.6) is 0 Å². The third kappa shape index (κ3) is 2.70. The van der Waals surface area contributed by atoms with E-state index < -0.39 is 16.4 Å². The second-order valence-electron chi connectivity index (χ2n) is 2.58. The quantitative estimate of drug-likeness (QED) is 0.191. The van der Waals surface area contributed by atoms with E-state index in [9.17, 15) is 14.5 Å². The monoisotopic (exact) mass is 220 g/mol. The van der Waals surface area contributed by atoms with Crippen molar-refractivity contribution in [3.8, 4) is 11.8 Å². The summed E-state index contributed by atoms with van der Waals surface area (Å²) in [7, 11) is 0. The van der Waals surface area contributed by atoms with E-state index in [0.717, 1.165) is 6.07 Å². The van der Waals surface area contributed by atoms with Crippen LogP contribution in [0.2, 0.25) is 0 Å². The molecule has 1 rings (SSSR count). The van der Waals surface area contributed by atoms with E-state index in [4.69, 9.17) is 5.53 Å². The zero-order valence-electron chi connectivity index (χ0n) is 7.92. The van der Waals surface area contributed by atoms with Crippen molar-refractivity contribution in [1.82, 2.24) is 0 Å². The molecule has 16 heavy (non-hydrogen) atoms. The fourth-order valence-electron chi connectivity index (χ4n) is 1.00. The predicted octanol–water partition coefficient (Wildman–Crippen LogP) is 2.40. The fourth-order valence-corrected chi connectivity index (χ4v) is 1.00. The zero-order valence-corrected chi connectivity index (χ0v) is 7.92. The molecule has 0 saturated carbocycles. The van der Waals surface area contributed by atoms with E-state index in [1.165, 1.54) is 12.1 Å². The molecule has 0 spiro atoms. The average molecular weight is 220 g/mol. The summed E-state index contributed by atoms with van der Waals surface area (Å²) in [6.45, 7) is -0.121. The van der Waals surface area contributed by atoms with Crippen LogP contribution in [0.4, 0.5) is 10.1 Å². The first kappa shape index (κ1) is 11.5. The summed E-state index contributed by atoms with van der Waals surface area (Å²) < 4.78 is 13.1. The molecule has 7 heteroatoms. The van der Waals surface area contributed by atoms with Crippen LogP contribution in [0.1, 0.15) is 5.56 Å². The number of azide groups is 1. The van der Waals surface area contributed by atoms with Crippen LogP contribution >= 0.6 is 0 Å². The molecule has 0 unspecified atom stereocenters. The number of rotatable bonds is 2. The third-order valence-corrected chi connectivity index (χ3v) is 1.61. The van der Waals surface area contributed by atoms with E-state index >= 15 is 0 Å².